The van der Waals surface area contributed by atoms with Crippen LogP contribution in [0.5, 0.6) is 0 Å². The molecule has 0 radical (unpaired) electrons. The number of benzene rings is 2. The minimum absolute atomic E-state index is 0.0563. The lowest BCUT2D eigenvalue weighted by atomic mass is 10.1. The third-order valence-corrected chi connectivity index (χ3v) is 4.00. The molecule has 0 N–H and O–H groups in total. The fraction of sp³-hybridized carbons (Fsp3) is 0.211. The summed E-state index contributed by atoms with van der Waals surface area (Å²) in [5.74, 6) is -0.132. The molecule has 1 unspecified atom stereocenters. The standard InChI is InChI=1S/C19H17N3O5/c1-11-4-6-14(7-5-11)18-21-20-17(27-18)13(3)26-19(23)15-8-9-16(22(24)25)12(2)10-15/h4-10,13H,1-3H3. The summed E-state index contributed by atoms with van der Waals surface area (Å²) in [7, 11) is 0. The Kier molecular flexibility index (Phi) is 4.98. The number of hydrogen-bond donors (Lipinski definition) is 0. The highest BCUT2D eigenvalue weighted by molar-refractivity contribution is 5.90. The lowest BCUT2D eigenvalue weighted by Gasteiger charge is -2.09. The smallest absolute Gasteiger partial charge is 0.338 e. The third kappa shape index (κ3) is 4.00. The first kappa shape index (κ1) is 18.2. The Morgan fingerprint density at radius 3 is 2.48 bits per heavy atom. The molecule has 3 rings (SSSR count). The van der Waals surface area contributed by atoms with Crippen LogP contribution in [0.15, 0.2) is 46.9 Å². The van der Waals surface area contributed by atoms with Crippen LogP contribution in [0.4, 0.5) is 5.69 Å². The number of esters is 1. The molecule has 0 saturated heterocycles. The minimum atomic E-state index is -0.764. The van der Waals surface area contributed by atoms with Crippen molar-refractivity contribution in [2.24, 2.45) is 0 Å². The van der Waals surface area contributed by atoms with Gasteiger partial charge in [0.1, 0.15) is 0 Å². The predicted octanol–water partition coefficient (Wildman–Crippen LogP) is 4.18. The molecular formula is C19H17N3O5. The number of rotatable bonds is 5. The number of ether oxygens (including phenoxy) is 1. The van der Waals surface area contributed by atoms with Crippen molar-refractivity contribution >= 4 is 11.7 Å². The Labute approximate surface area is 155 Å². The molecule has 1 aromatic heterocycles. The largest absolute Gasteiger partial charge is 0.449 e. The molecular weight excluding hydrogens is 350 g/mol. The lowest BCUT2D eigenvalue weighted by molar-refractivity contribution is -0.385. The maximum atomic E-state index is 12.3. The lowest BCUT2D eigenvalue weighted by Crippen LogP contribution is -2.10. The minimum Gasteiger partial charge on any atom is -0.449 e. The molecule has 0 spiro atoms. The number of aromatic nitrogens is 2. The molecule has 0 saturated carbocycles. The van der Waals surface area contributed by atoms with Crippen LogP contribution in [0.1, 0.15) is 40.4 Å². The van der Waals surface area contributed by atoms with Gasteiger partial charge in [-0.3, -0.25) is 10.1 Å². The molecule has 0 aliphatic heterocycles. The number of nitro benzene ring substituents is 1. The SMILES string of the molecule is Cc1ccc(-c2nnc(C(C)OC(=O)c3ccc([N+](=O)[O-])c(C)c3)o2)cc1. The first-order valence-electron chi connectivity index (χ1n) is 8.21. The zero-order chi connectivity index (χ0) is 19.6. The number of nitro groups is 1. The van der Waals surface area contributed by atoms with E-state index in [2.05, 4.69) is 10.2 Å². The number of hydrogen-bond acceptors (Lipinski definition) is 7. The molecule has 138 valence electrons. The molecule has 1 atom stereocenters. The number of nitrogens with zero attached hydrogens (tertiary/aromatic N) is 3. The highest BCUT2D eigenvalue weighted by atomic mass is 16.6. The molecule has 27 heavy (non-hydrogen) atoms. The second kappa shape index (κ2) is 7.36. The highest BCUT2D eigenvalue weighted by Crippen LogP contribution is 2.24. The van der Waals surface area contributed by atoms with Crippen LogP contribution in [0.2, 0.25) is 0 Å². The van der Waals surface area contributed by atoms with Crippen LogP contribution in [-0.2, 0) is 4.74 Å². The van der Waals surface area contributed by atoms with Crippen LogP contribution in [-0.4, -0.2) is 21.1 Å². The molecule has 8 nitrogen and oxygen atoms in total. The fourth-order valence-electron chi connectivity index (χ4n) is 2.48. The van der Waals surface area contributed by atoms with Crippen LogP contribution in [0, 0.1) is 24.0 Å². The van der Waals surface area contributed by atoms with Gasteiger partial charge >= 0.3 is 5.97 Å². The van der Waals surface area contributed by atoms with E-state index in [9.17, 15) is 14.9 Å². The van der Waals surface area contributed by atoms with Crippen molar-refractivity contribution in [2.75, 3.05) is 0 Å². The van der Waals surface area contributed by atoms with Gasteiger partial charge in [0.25, 0.3) is 11.6 Å². The predicted molar refractivity (Wildman–Crippen MR) is 96.1 cm³/mol. The molecule has 0 amide bonds. The Morgan fingerprint density at radius 2 is 1.85 bits per heavy atom. The fourth-order valence-corrected chi connectivity index (χ4v) is 2.48. The van der Waals surface area contributed by atoms with Gasteiger partial charge in [0.2, 0.25) is 5.89 Å². The monoisotopic (exact) mass is 367 g/mol. The zero-order valence-corrected chi connectivity index (χ0v) is 15.0. The van der Waals surface area contributed by atoms with Crippen LogP contribution in [0.25, 0.3) is 11.5 Å². The van der Waals surface area contributed by atoms with Gasteiger partial charge < -0.3 is 9.15 Å². The molecule has 0 bridgehead atoms. The molecule has 2 aromatic carbocycles. The van der Waals surface area contributed by atoms with E-state index in [0.29, 0.717) is 11.5 Å². The zero-order valence-electron chi connectivity index (χ0n) is 15.0. The summed E-state index contributed by atoms with van der Waals surface area (Å²) in [6.45, 7) is 5.15. The maximum Gasteiger partial charge on any atom is 0.338 e. The molecule has 8 heteroatoms. The van der Waals surface area contributed by atoms with E-state index in [1.165, 1.54) is 18.2 Å². The first-order valence-corrected chi connectivity index (χ1v) is 8.21. The van der Waals surface area contributed by atoms with Gasteiger partial charge in [-0.25, -0.2) is 4.79 Å². The summed E-state index contributed by atoms with van der Waals surface area (Å²) in [4.78, 5) is 22.7. The van der Waals surface area contributed by atoms with Crippen LogP contribution >= 0.6 is 0 Å². The summed E-state index contributed by atoms with van der Waals surface area (Å²) in [6.07, 6.45) is -0.764. The van der Waals surface area contributed by atoms with Crippen molar-refractivity contribution in [3.63, 3.8) is 0 Å². The van der Waals surface area contributed by atoms with Crippen molar-refractivity contribution in [1.82, 2.24) is 10.2 Å². The second-order valence-electron chi connectivity index (χ2n) is 6.12. The van der Waals surface area contributed by atoms with Crippen molar-refractivity contribution in [1.29, 1.82) is 0 Å². The normalized spacial score (nSPS) is 11.8. The summed E-state index contributed by atoms with van der Waals surface area (Å²) in [5, 5.41) is 18.8. The van der Waals surface area contributed by atoms with Gasteiger partial charge in [-0.1, -0.05) is 17.7 Å². The van der Waals surface area contributed by atoms with Gasteiger partial charge in [-0.05, 0) is 45.0 Å². The molecule has 0 fully saturated rings. The third-order valence-electron chi connectivity index (χ3n) is 4.00. The van der Waals surface area contributed by atoms with Gasteiger partial charge in [-0.2, -0.15) is 0 Å². The van der Waals surface area contributed by atoms with E-state index in [4.69, 9.17) is 9.15 Å². The van der Waals surface area contributed by atoms with Crippen molar-refractivity contribution in [3.8, 4) is 11.5 Å². The van der Waals surface area contributed by atoms with E-state index in [-0.39, 0.29) is 17.1 Å². The summed E-state index contributed by atoms with van der Waals surface area (Å²) >= 11 is 0. The van der Waals surface area contributed by atoms with Gasteiger partial charge in [0, 0.05) is 17.2 Å². The Hall–Kier alpha value is -3.55. The van der Waals surface area contributed by atoms with E-state index < -0.39 is 17.0 Å². The van der Waals surface area contributed by atoms with Crippen molar-refractivity contribution in [3.05, 3.63) is 75.2 Å². The van der Waals surface area contributed by atoms with Gasteiger partial charge in [0.15, 0.2) is 6.10 Å². The second-order valence-corrected chi connectivity index (χ2v) is 6.12. The first-order chi connectivity index (χ1) is 12.8. The van der Waals surface area contributed by atoms with Crippen molar-refractivity contribution in [2.45, 2.75) is 26.9 Å². The number of carbonyl (C=O) groups is 1. The van der Waals surface area contributed by atoms with Crippen molar-refractivity contribution < 1.29 is 18.9 Å². The quantitative estimate of drug-likeness (QED) is 0.378. The summed E-state index contributed by atoms with van der Waals surface area (Å²) in [5.41, 5.74) is 2.41. The van der Waals surface area contributed by atoms with Gasteiger partial charge in [-0.15, -0.1) is 10.2 Å². The average Bonchev–Trinajstić information content (AvgIpc) is 3.12. The van der Waals surface area contributed by atoms with E-state index >= 15 is 0 Å². The maximum absolute atomic E-state index is 12.3. The van der Waals surface area contributed by atoms with Crippen LogP contribution in [0.3, 0.4) is 0 Å². The summed E-state index contributed by atoms with van der Waals surface area (Å²) in [6, 6.07) is 11.6. The summed E-state index contributed by atoms with van der Waals surface area (Å²) < 4.78 is 10.9. The Bertz CT molecular complexity index is 995. The van der Waals surface area contributed by atoms with E-state index in [1.807, 2.05) is 31.2 Å². The van der Waals surface area contributed by atoms with E-state index in [0.717, 1.165) is 11.1 Å². The Balaban J connectivity index is 1.72. The highest BCUT2D eigenvalue weighted by Gasteiger charge is 2.21. The molecule has 3 aromatic rings. The molecule has 1 heterocycles. The number of carbonyl (C=O) groups excluding carboxylic acids is 1. The topological polar surface area (TPSA) is 108 Å². The number of aryl methyl sites for hydroxylation is 2. The molecule has 0 aliphatic carbocycles. The average molecular weight is 367 g/mol. The van der Waals surface area contributed by atoms with E-state index in [1.54, 1.807) is 13.8 Å². The van der Waals surface area contributed by atoms with Gasteiger partial charge in [0.05, 0.1) is 10.5 Å². The Morgan fingerprint density at radius 1 is 1.15 bits per heavy atom. The van der Waals surface area contributed by atoms with Crippen LogP contribution < -0.4 is 0 Å². The molecule has 0 aliphatic rings.